The highest BCUT2D eigenvalue weighted by atomic mass is 19.3. The monoisotopic (exact) mass is 1120 g/mol. The molecule has 81 heavy (non-hydrogen) atoms. The summed E-state index contributed by atoms with van der Waals surface area (Å²) < 4.78 is 80.0. The number of aryl methyl sites for hydroxylation is 2. The molecule has 0 radical (unpaired) electrons. The van der Waals surface area contributed by atoms with Gasteiger partial charge >= 0.3 is 17.8 Å². The number of β-amino-alcohol motifs (C(OH)–C–C–N with tert-alkyl or cyclic N) is 1. The number of nitrogens with one attached hydrogen (secondary N) is 1. The molecule has 0 bridgehead atoms. The Morgan fingerprint density at radius 2 is 1.70 bits per heavy atom. The lowest BCUT2D eigenvalue weighted by atomic mass is 9.85. The van der Waals surface area contributed by atoms with E-state index in [-0.39, 0.29) is 79.5 Å². The van der Waals surface area contributed by atoms with Gasteiger partial charge in [0.15, 0.2) is 5.82 Å². The predicted octanol–water partition coefficient (Wildman–Crippen LogP) is 7.72. The highest BCUT2D eigenvalue weighted by molar-refractivity contribution is 6.02. The first-order valence-corrected chi connectivity index (χ1v) is 28.5. The fraction of sp³-hybridized carbons (Fsp3) is 0.542. The summed E-state index contributed by atoms with van der Waals surface area (Å²) in [5.74, 6) is -5.97. The van der Waals surface area contributed by atoms with Crippen molar-refractivity contribution in [2.24, 2.45) is 13.0 Å². The summed E-state index contributed by atoms with van der Waals surface area (Å²) >= 11 is 0. The summed E-state index contributed by atoms with van der Waals surface area (Å²) in [7, 11) is 1.55. The SMILES string of the molecule is CCc1c(F)ccc2cc(O)cc(-c3ncc4c(N5CCC[C@@](C)(O)C5)nc(OC[C@@]56CCCN5[C@H](COC(=O)N5CCC(CN7CCC(c8ccc9c(c8)n(C)c(=O)n9C8CCC(=O)NC8=O)C(F)(F)C7)CC5)CC6)nc4c3F)c12. The molecule has 6 fully saturated rings. The molecule has 0 aliphatic carbocycles. The van der Waals surface area contributed by atoms with Crippen LogP contribution < -0.4 is 20.6 Å². The molecule has 0 spiro atoms. The lowest BCUT2D eigenvalue weighted by Gasteiger charge is -2.41. The van der Waals surface area contributed by atoms with Crippen LogP contribution in [0.3, 0.4) is 0 Å². The van der Waals surface area contributed by atoms with E-state index >= 15 is 17.6 Å². The fourth-order valence-electron chi connectivity index (χ4n) is 14.3. The normalized spacial score (nSPS) is 25.8. The molecule has 2 unspecified atom stereocenters. The highest BCUT2D eigenvalue weighted by Crippen LogP contribution is 2.45. The van der Waals surface area contributed by atoms with E-state index in [9.17, 15) is 29.4 Å². The molecular weight excluding hydrogens is 1050 g/mol. The molecule has 3 N–H and O–H groups in total. The molecule has 5 atom stereocenters. The van der Waals surface area contributed by atoms with Gasteiger partial charge in [-0.1, -0.05) is 19.1 Å². The number of imide groups is 1. The van der Waals surface area contributed by atoms with Crippen molar-refractivity contribution in [3.63, 3.8) is 0 Å². The second kappa shape index (κ2) is 21.1. The van der Waals surface area contributed by atoms with Crippen LogP contribution in [0.2, 0.25) is 0 Å². The van der Waals surface area contributed by atoms with Gasteiger partial charge in [0.2, 0.25) is 11.8 Å². The van der Waals surface area contributed by atoms with E-state index in [1.54, 1.807) is 43.1 Å². The van der Waals surface area contributed by atoms with Gasteiger partial charge in [0.05, 0.1) is 40.0 Å². The average molecular weight is 1120 g/mol. The molecule has 3 amide bonds. The number of carbonyl (C=O) groups is 3. The Hall–Kier alpha value is -6.91. The number of alkyl halides is 2. The lowest BCUT2D eigenvalue weighted by molar-refractivity contribution is -0.135. The van der Waals surface area contributed by atoms with Gasteiger partial charge in [-0.25, -0.2) is 27.2 Å². The Labute approximate surface area is 465 Å². The fourth-order valence-corrected chi connectivity index (χ4v) is 14.3. The van der Waals surface area contributed by atoms with Gasteiger partial charge in [-0.15, -0.1) is 0 Å². The molecule has 18 nitrogen and oxygen atoms in total. The Morgan fingerprint density at radius 3 is 2.47 bits per heavy atom. The third-order valence-corrected chi connectivity index (χ3v) is 18.4. The molecule has 9 heterocycles. The molecule has 12 rings (SSSR count). The van der Waals surface area contributed by atoms with Gasteiger partial charge in [-0.2, -0.15) is 9.97 Å². The quantitative estimate of drug-likeness (QED) is 0.0795. The van der Waals surface area contributed by atoms with Crippen LogP contribution in [-0.2, 0) is 27.8 Å². The zero-order chi connectivity index (χ0) is 56.7. The van der Waals surface area contributed by atoms with Gasteiger partial charge in [-0.05, 0) is 149 Å². The summed E-state index contributed by atoms with van der Waals surface area (Å²) in [6, 6.07) is 9.65. The number of ether oxygens (including phenoxy) is 2. The lowest BCUT2D eigenvalue weighted by Crippen LogP contribution is -2.50. The summed E-state index contributed by atoms with van der Waals surface area (Å²) in [6.07, 6.45) is 7.63. The van der Waals surface area contributed by atoms with Gasteiger partial charge in [0.1, 0.15) is 47.9 Å². The number of halogens is 4. The van der Waals surface area contributed by atoms with Crippen molar-refractivity contribution in [3.05, 3.63) is 81.9 Å². The van der Waals surface area contributed by atoms with Crippen molar-refractivity contribution >= 4 is 56.4 Å². The molecule has 0 saturated carbocycles. The largest absolute Gasteiger partial charge is 0.508 e. The molecule has 6 saturated heterocycles. The topological polar surface area (TPSA) is 201 Å². The van der Waals surface area contributed by atoms with Crippen LogP contribution >= 0.6 is 0 Å². The molecule has 3 aromatic heterocycles. The number of anilines is 1. The van der Waals surface area contributed by atoms with Crippen LogP contribution in [0.25, 0.3) is 44.0 Å². The molecule has 6 aliphatic heterocycles. The van der Waals surface area contributed by atoms with E-state index in [2.05, 4.69) is 20.2 Å². The summed E-state index contributed by atoms with van der Waals surface area (Å²) in [6.45, 7) is 6.88. The van der Waals surface area contributed by atoms with Crippen molar-refractivity contribution in [1.29, 1.82) is 0 Å². The van der Waals surface area contributed by atoms with Crippen LogP contribution in [0.15, 0.2) is 53.5 Å². The third kappa shape index (κ3) is 10.1. The summed E-state index contributed by atoms with van der Waals surface area (Å²) in [5, 5.41) is 25.5. The number of fused-ring (bicyclic) bond motifs is 4. The first-order valence-electron chi connectivity index (χ1n) is 28.5. The standard InChI is InChI=1S/C59H68F4N10O8/c1-4-39-43(60)9-7-36-25-38(74)27-40(48(36)39)50-49(61)51-41(28-64-50)52(71-20-5-17-57(2,79)31-71)67-54(66-51)81-33-58-18-6-21-72(58)37(13-19-58)30-80-56(78)70-23-14-34(15-24-70)29-69-22-16-42(59(62,63)32-69)35-8-10-44-46(26-35)68(3)55(77)73(44)45-11-12-47(75)65-53(45)76/h7-10,25-28,34,37,42,45,74,79H,4-6,11-24,29-33H2,1-3H3,(H,65,75,76)/t37-,42?,45?,57+,58-/m0/s1. The number of benzene rings is 3. The number of hydrogen-bond acceptors (Lipinski definition) is 14. The number of rotatable bonds is 12. The second-order valence-electron chi connectivity index (χ2n) is 23.8. The Bertz CT molecular complexity index is 3550. The van der Waals surface area contributed by atoms with Crippen molar-refractivity contribution < 1.29 is 51.6 Å². The maximum absolute atomic E-state index is 17.3. The molecule has 430 valence electrons. The highest BCUT2D eigenvalue weighted by Gasteiger charge is 2.51. The molecule has 6 aliphatic rings. The van der Waals surface area contributed by atoms with Crippen molar-refractivity contribution in [1.82, 2.24) is 44.1 Å². The summed E-state index contributed by atoms with van der Waals surface area (Å²) in [5.41, 5.74) is -0.184. The van der Waals surface area contributed by atoms with E-state index in [0.29, 0.717) is 109 Å². The average Bonchev–Trinajstić information content (AvgIpc) is 4.18. The van der Waals surface area contributed by atoms with Gasteiger partial charge in [0.25, 0.3) is 5.92 Å². The Morgan fingerprint density at radius 1 is 0.901 bits per heavy atom. The number of aromatic nitrogens is 5. The smallest absolute Gasteiger partial charge is 0.409 e. The third-order valence-electron chi connectivity index (χ3n) is 18.4. The molecule has 3 aromatic carbocycles. The number of aliphatic hydroxyl groups is 1. The van der Waals surface area contributed by atoms with E-state index < -0.39 is 70.8 Å². The van der Waals surface area contributed by atoms with E-state index in [0.717, 1.165) is 32.2 Å². The number of pyridine rings is 1. The molecule has 22 heteroatoms. The molecule has 6 aromatic rings. The van der Waals surface area contributed by atoms with E-state index in [4.69, 9.17) is 14.5 Å². The second-order valence-corrected chi connectivity index (χ2v) is 23.8. The van der Waals surface area contributed by atoms with Crippen LogP contribution in [0.4, 0.5) is 28.2 Å². The number of carbonyl (C=O) groups excluding carboxylic acids is 3. The summed E-state index contributed by atoms with van der Waals surface area (Å²) in [4.78, 5) is 73.2. The number of aromatic hydroxyl groups is 1. The Balaban J connectivity index is 0.673. The number of phenolic OH excluding ortho intramolecular Hbond substituents is 1. The van der Waals surface area contributed by atoms with Crippen molar-refractivity contribution in [2.75, 3.05) is 70.5 Å². The zero-order valence-corrected chi connectivity index (χ0v) is 45.9. The zero-order valence-electron chi connectivity index (χ0n) is 45.9. The van der Waals surface area contributed by atoms with Crippen molar-refractivity contribution in [2.45, 2.75) is 126 Å². The predicted molar refractivity (Wildman–Crippen MR) is 293 cm³/mol. The van der Waals surface area contributed by atoms with Gasteiger partial charge in [0, 0.05) is 64.0 Å². The maximum Gasteiger partial charge on any atom is 0.409 e. The van der Waals surface area contributed by atoms with Crippen LogP contribution in [-0.4, -0.2) is 156 Å². The minimum atomic E-state index is -3.05. The Kier molecular flexibility index (Phi) is 14.3. The number of piperidine rings is 4. The van der Waals surface area contributed by atoms with E-state index in [1.807, 2.05) is 16.7 Å². The minimum absolute atomic E-state index is 0.0526. The van der Waals surface area contributed by atoms with E-state index in [1.165, 1.54) is 33.5 Å². The van der Waals surface area contributed by atoms with Crippen LogP contribution in [0.5, 0.6) is 11.8 Å². The number of imidazole rings is 1. The minimum Gasteiger partial charge on any atom is -0.508 e. The van der Waals surface area contributed by atoms with Crippen LogP contribution in [0.1, 0.15) is 108 Å². The molecular formula is C59H68F4N10O8. The first kappa shape index (κ1) is 54.7. The number of amides is 3. The van der Waals surface area contributed by atoms with Gasteiger partial charge in [-0.3, -0.25) is 38.8 Å². The number of nitrogens with zero attached hydrogens (tertiary/aromatic N) is 9. The first-order chi connectivity index (χ1) is 38.8. The number of phenols is 1. The maximum atomic E-state index is 17.3. The number of likely N-dealkylation sites (tertiary alicyclic amines) is 2. The van der Waals surface area contributed by atoms with Crippen molar-refractivity contribution in [3.8, 4) is 23.0 Å². The van der Waals surface area contributed by atoms with Gasteiger partial charge < -0.3 is 29.5 Å². The van der Waals surface area contributed by atoms with Crippen LogP contribution in [0, 0.1) is 17.6 Å². The number of hydrogen-bond donors (Lipinski definition) is 3.